The van der Waals surface area contributed by atoms with E-state index in [0.717, 1.165) is 29.0 Å². The molecule has 0 amide bonds. The Hall–Kier alpha value is -2.88. The summed E-state index contributed by atoms with van der Waals surface area (Å²) >= 11 is 0. The highest BCUT2D eigenvalue weighted by Crippen LogP contribution is 2.22. The number of fused-ring (bicyclic) bond motifs is 1. The normalized spacial score (nSPS) is 11.1. The average molecular weight is 288 g/mol. The number of hydrogen-bond acceptors (Lipinski definition) is 2. The maximum absolute atomic E-state index is 4.69. The van der Waals surface area contributed by atoms with E-state index in [0.29, 0.717) is 0 Å². The van der Waals surface area contributed by atoms with Gasteiger partial charge in [0, 0.05) is 24.5 Å². The van der Waals surface area contributed by atoms with Crippen molar-refractivity contribution in [3.8, 4) is 11.4 Å². The summed E-state index contributed by atoms with van der Waals surface area (Å²) in [6.45, 7) is 2.91. The number of rotatable bonds is 3. The van der Waals surface area contributed by atoms with Crippen LogP contribution in [0.3, 0.4) is 0 Å². The Kier molecular flexibility index (Phi) is 3.00. The van der Waals surface area contributed by atoms with E-state index in [1.54, 1.807) is 6.20 Å². The zero-order chi connectivity index (χ0) is 14.9. The van der Waals surface area contributed by atoms with Crippen LogP contribution >= 0.6 is 0 Å². The molecule has 0 radical (unpaired) electrons. The van der Waals surface area contributed by atoms with Gasteiger partial charge in [-0.25, -0.2) is 9.97 Å². The summed E-state index contributed by atoms with van der Waals surface area (Å²) in [7, 11) is 0. The van der Waals surface area contributed by atoms with Crippen LogP contribution in [0, 0.1) is 6.92 Å². The first-order chi connectivity index (χ1) is 10.8. The van der Waals surface area contributed by atoms with Crippen LogP contribution in [0.2, 0.25) is 0 Å². The number of aryl methyl sites for hydroxylation is 1. The highest BCUT2D eigenvalue weighted by Gasteiger charge is 2.06. The highest BCUT2D eigenvalue weighted by molar-refractivity contribution is 5.80. The third-order valence-electron chi connectivity index (χ3n) is 3.76. The summed E-state index contributed by atoms with van der Waals surface area (Å²) in [5.41, 5.74) is 5.64. The smallest absolute Gasteiger partial charge is 0.138 e. The van der Waals surface area contributed by atoms with E-state index in [2.05, 4.69) is 68.9 Å². The van der Waals surface area contributed by atoms with Gasteiger partial charge in [0.25, 0.3) is 0 Å². The van der Waals surface area contributed by atoms with Gasteiger partial charge in [-0.1, -0.05) is 29.8 Å². The average Bonchev–Trinajstić information content (AvgIpc) is 3.16. The van der Waals surface area contributed by atoms with Gasteiger partial charge >= 0.3 is 0 Å². The molecule has 0 saturated heterocycles. The van der Waals surface area contributed by atoms with Crippen LogP contribution in [0.5, 0.6) is 0 Å². The van der Waals surface area contributed by atoms with Gasteiger partial charge in [-0.05, 0) is 30.7 Å². The van der Waals surface area contributed by atoms with Gasteiger partial charge in [0.2, 0.25) is 0 Å². The van der Waals surface area contributed by atoms with Crippen LogP contribution in [0.15, 0.2) is 61.2 Å². The predicted octanol–water partition coefficient (Wildman–Crippen LogP) is 3.78. The molecule has 0 bridgehead atoms. The second-order valence-corrected chi connectivity index (χ2v) is 5.54. The van der Waals surface area contributed by atoms with Crippen LogP contribution in [-0.2, 0) is 6.54 Å². The third-order valence-corrected chi connectivity index (χ3v) is 3.76. The first kappa shape index (κ1) is 12.8. The Bertz CT molecular complexity index is 919. The zero-order valence-electron chi connectivity index (χ0n) is 12.3. The lowest BCUT2D eigenvalue weighted by molar-refractivity contribution is 0.798. The molecule has 0 aliphatic carbocycles. The van der Waals surface area contributed by atoms with Gasteiger partial charge < -0.3 is 9.55 Å². The minimum absolute atomic E-state index is 0.814. The maximum atomic E-state index is 4.69. The molecule has 108 valence electrons. The van der Waals surface area contributed by atoms with Crippen molar-refractivity contribution in [1.29, 1.82) is 0 Å². The fraction of sp³-hybridized carbons (Fsp3) is 0.111. The van der Waals surface area contributed by atoms with Crippen molar-refractivity contribution in [2.75, 3.05) is 0 Å². The Morgan fingerprint density at radius 1 is 1.14 bits per heavy atom. The SMILES string of the molecule is Cc1cccc(-c2nc3ccc(Cn4ccnc4)cc3[nH]2)c1. The molecule has 0 saturated carbocycles. The lowest BCUT2D eigenvalue weighted by atomic mass is 10.1. The standard InChI is InChI=1S/C18H16N4/c1-13-3-2-4-15(9-13)18-20-16-6-5-14(10-17(16)21-18)11-22-8-7-19-12-22/h2-10,12H,11H2,1H3,(H,20,21). The number of imidazole rings is 2. The molecule has 22 heavy (non-hydrogen) atoms. The largest absolute Gasteiger partial charge is 0.338 e. The van der Waals surface area contributed by atoms with Crippen LogP contribution in [0.4, 0.5) is 0 Å². The van der Waals surface area contributed by atoms with Crippen molar-refractivity contribution in [3.63, 3.8) is 0 Å². The van der Waals surface area contributed by atoms with Crippen molar-refractivity contribution in [3.05, 3.63) is 72.3 Å². The van der Waals surface area contributed by atoms with Crippen molar-refractivity contribution in [1.82, 2.24) is 19.5 Å². The quantitative estimate of drug-likeness (QED) is 0.623. The van der Waals surface area contributed by atoms with Crippen molar-refractivity contribution < 1.29 is 0 Å². The molecule has 0 aliphatic rings. The molecule has 0 unspecified atom stereocenters. The predicted molar refractivity (Wildman–Crippen MR) is 87.6 cm³/mol. The summed E-state index contributed by atoms with van der Waals surface area (Å²) in [4.78, 5) is 12.2. The van der Waals surface area contributed by atoms with E-state index in [9.17, 15) is 0 Å². The van der Waals surface area contributed by atoms with E-state index in [-0.39, 0.29) is 0 Å². The van der Waals surface area contributed by atoms with E-state index in [4.69, 9.17) is 0 Å². The number of hydrogen-bond donors (Lipinski definition) is 1. The van der Waals surface area contributed by atoms with Crippen molar-refractivity contribution in [2.24, 2.45) is 0 Å². The summed E-state index contributed by atoms with van der Waals surface area (Å²) in [5, 5.41) is 0. The van der Waals surface area contributed by atoms with Gasteiger partial charge in [0.1, 0.15) is 5.82 Å². The minimum atomic E-state index is 0.814. The number of aromatic nitrogens is 4. The van der Waals surface area contributed by atoms with Gasteiger partial charge in [0.05, 0.1) is 17.4 Å². The molecule has 2 heterocycles. The maximum Gasteiger partial charge on any atom is 0.138 e. The lowest BCUT2D eigenvalue weighted by Gasteiger charge is -2.01. The molecule has 0 aliphatic heterocycles. The Morgan fingerprint density at radius 2 is 2.09 bits per heavy atom. The van der Waals surface area contributed by atoms with Gasteiger partial charge in [-0.2, -0.15) is 0 Å². The molecule has 4 aromatic rings. The van der Waals surface area contributed by atoms with Crippen molar-refractivity contribution in [2.45, 2.75) is 13.5 Å². The first-order valence-electron chi connectivity index (χ1n) is 7.29. The van der Waals surface area contributed by atoms with Crippen LogP contribution in [0.25, 0.3) is 22.4 Å². The third kappa shape index (κ3) is 2.39. The second-order valence-electron chi connectivity index (χ2n) is 5.54. The number of nitrogens with zero attached hydrogens (tertiary/aromatic N) is 3. The summed E-state index contributed by atoms with van der Waals surface area (Å²) in [5.74, 6) is 0.915. The summed E-state index contributed by atoms with van der Waals surface area (Å²) in [6.07, 6.45) is 5.59. The van der Waals surface area contributed by atoms with Gasteiger partial charge in [-0.3, -0.25) is 0 Å². The Labute approximate surface area is 128 Å². The molecule has 4 nitrogen and oxygen atoms in total. The van der Waals surface area contributed by atoms with E-state index in [1.165, 1.54) is 11.1 Å². The molecular weight excluding hydrogens is 272 g/mol. The number of H-pyrrole nitrogens is 1. The fourth-order valence-electron chi connectivity index (χ4n) is 2.68. The van der Waals surface area contributed by atoms with E-state index in [1.807, 2.05) is 12.5 Å². The highest BCUT2D eigenvalue weighted by atomic mass is 15.0. The van der Waals surface area contributed by atoms with E-state index < -0.39 is 0 Å². The molecule has 4 rings (SSSR count). The molecule has 4 heteroatoms. The van der Waals surface area contributed by atoms with Crippen LogP contribution in [0.1, 0.15) is 11.1 Å². The topological polar surface area (TPSA) is 46.5 Å². The number of benzene rings is 2. The summed E-state index contributed by atoms with van der Waals surface area (Å²) in [6, 6.07) is 14.7. The molecule has 1 N–H and O–H groups in total. The molecule has 0 spiro atoms. The molecule has 0 fully saturated rings. The second kappa shape index (κ2) is 5.15. The van der Waals surface area contributed by atoms with Gasteiger partial charge in [-0.15, -0.1) is 0 Å². The minimum Gasteiger partial charge on any atom is -0.338 e. The molecular formula is C18H16N4. The monoisotopic (exact) mass is 288 g/mol. The first-order valence-corrected chi connectivity index (χ1v) is 7.29. The van der Waals surface area contributed by atoms with Gasteiger partial charge in [0.15, 0.2) is 0 Å². The van der Waals surface area contributed by atoms with Crippen LogP contribution in [-0.4, -0.2) is 19.5 Å². The Balaban J connectivity index is 1.71. The van der Waals surface area contributed by atoms with Crippen molar-refractivity contribution >= 4 is 11.0 Å². The number of nitrogens with one attached hydrogen (secondary N) is 1. The zero-order valence-corrected chi connectivity index (χ0v) is 12.3. The lowest BCUT2D eigenvalue weighted by Crippen LogP contribution is -1.95. The molecule has 2 aromatic carbocycles. The fourth-order valence-corrected chi connectivity index (χ4v) is 2.68. The van der Waals surface area contributed by atoms with E-state index >= 15 is 0 Å². The number of aromatic amines is 1. The van der Waals surface area contributed by atoms with Crippen LogP contribution < -0.4 is 0 Å². The molecule has 2 aromatic heterocycles. The Morgan fingerprint density at radius 3 is 2.91 bits per heavy atom. The summed E-state index contributed by atoms with van der Waals surface area (Å²) < 4.78 is 2.05. The molecule has 0 atom stereocenters.